The number of oxime groups is 1. The molecule has 0 radical (unpaired) electrons. The van der Waals surface area contributed by atoms with E-state index in [0.717, 1.165) is 50.5 Å². The lowest BCUT2D eigenvalue weighted by Gasteiger charge is -2.27. The number of pyridine rings is 1. The van der Waals surface area contributed by atoms with Crippen LogP contribution in [-0.4, -0.2) is 73.5 Å². The van der Waals surface area contributed by atoms with Crippen LogP contribution in [0.1, 0.15) is 57.5 Å². The number of rotatable bonds is 11. The minimum Gasteiger partial charge on any atom is -0.493 e. The summed E-state index contributed by atoms with van der Waals surface area (Å²) in [5.41, 5.74) is 9.17. The van der Waals surface area contributed by atoms with Crippen molar-refractivity contribution in [3.05, 3.63) is 138 Å². The molecule has 13 heteroatoms. The van der Waals surface area contributed by atoms with Gasteiger partial charge >= 0.3 is 0 Å². The lowest BCUT2D eigenvalue weighted by atomic mass is 9.96. The molecule has 2 N–H and O–H groups in total. The Bertz CT molecular complexity index is 2640. The van der Waals surface area contributed by atoms with E-state index in [0.29, 0.717) is 54.4 Å². The third kappa shape index (κ3) is 6.76. The zero-order valence-electron chi connectivity index (χ0n) is 31.1. The summed E-state index contributed by atoms with van der Waals surface area (Å²) >= 11 is 0. The zero-order valence-corrected chi connectivity index (χ0v) is 31.1. The molecule has 2 aliphatic heterocycles. The highest BCUT2D eigenvalue weighted by atomic mass is 16.5. The zero-order chi connectivity index (χ0) is 39.8. The highest BCUT2D eigenvalue weighted by molar-refractivity contribution is 6.25. The summed E-state index contributed by atoms with van der Waals surface area (Å²) in [6.07, 6.45) is 7.81. The molecule has 4 aromatic carbocycles. The lowest BCUT2D eigenvalue weighted by molar-refractivity contribution is -0.136. The van der Waals surface area contributed by atoms with Gasteiger partial charge < -0.3 is 14.7 Å². The summed E-state index contributed by atoms with van der Waals surface area (Å²) in [7, 11) is 0. The summed E-state index contributed by atoms with van der Waals surface area (Å²) in [4.78, 5) is 56.3. The SMILES string of the molecule is O=C1CCC(N2C(=O)c3cccc(-c4cccc(OCCCOc5ccc(-n6cc(-c7ccc8c(c7)CC/C8=N\O)c(-c7ccncc7)n6)cc5)c4)c3C2=O)C(=O)N1. The van der Waals surface area contributed by atoms with Crippen molar-refractivity contribution in [3.8, 4) is 50.7 Å². The molecule has 58 heavy (non-hydrogen) atoms. The van der Waals surface area contributed by atoms with Crippen molar-refractivity contribution in [2.45, 2.75) is 38.1 Å². The molecule has 13 nitrogen and oxygen atoms in total. The molecule has 1 fully saturated rings. The van der Waals surface area contributed by atoms with Gasteiger partial charge in [0.2, 0.25) is 11.8 Å². The first-order chi connectivity index (χ1) is 28.4. The Balaban J connectivity index is 0.835. The van der Waals surface area contributed by atoms with Gasteiger partial charge in [0, 0.05) is 48.1 Å². The normalized spacial score (nSPS) is 16.7. The molecule has 0 bridgehead atoms. The second-order valence-electron chi connectivity index (χ2n) is 14.2. The number of hydrogen-bond acceptors (Lipinski definition) is 10. The molecule has 9 rings (SSSR count). The van der Waals surface area contributed by atoms with E-state index in [1.165, 1.54) is 0 Å². The van der Waals surface area contributed by atoms with E-state index in [1.807, 2.05) is 83.7 Å². The van der Waals surface area contributed by atoms with Gasteiger partial charge in [-0.15, -0.1) is 0 Å². The number of nitrogens with one attached hydrogen (secondary N) is 1. The number of amides is 4. The molecular formula is C45H36N6O7. The number of benzene rings is 4. The maximum atomic E-state index is 13.6. The van der Waals surface area contributed by atoms with E-state index in [1.54, 1.807) is 30.6 Å². The fourth-order valence-electron chi connectivity index (χ4n) is 7.82. The second-order valence-corrected chi connectivity index (χ2v) is 14.2. The molecule has 1 unspecified atom stereocenters. The largest absolute Gasteiger partial charge is 0.493 e. The minimum atomic E-state index is -1.04. The van der Waals surface area contributed by atoms with E-state index in [4.69, 9.17) is 14.6 Å². The standard InChI is InChI=1S/C45H36N6O7/c52-40-17-16-39(43(53)47-40)51-44(54)36-7-2-6-35(41(36)45(51)55)28-4-1-5-33(25-28)58-23-3-22-57-32-12-10-31(11-13-32)50-26-37(42(48-50)27-18-20-46-21-19-27)30-8-14-34-29(24-30)9-15-38(34)49-56/h1-2,4-8,10-14,18-21,24-26,39,56H,3,9,15-17,22-23H2,(H,47,52,53)/b49-38+. The summed E-state index contributed by atoms with van der Waals surface area (Å²) < 4.78 is 13.9. The van der Waals surface area contributed by atoms with Crippen molar-refractivity contribution in [2.75, 3.05) is 13.2 Å². The average molecular weight is 773 g/mol. The van der Waals surface area contributed by atoms with Crippen LogP contribution in [0.3, 0.4) is 0 Å². The summed E-state index contributed by atoms with van der Waals surface area (Å²) in [6, 6.07) is 29.1. The van der Waals surface area contributed by atoms with Crippen molar-refractivity contribution in [1.82, 2.24) is 25.0 Å². The Labute approximate surface area is 332 Å². The number of carbonyl (C=O) groups is 4. The summed E-state index contributed by atoms with van der Waals surface area (Å²) in [5.74, 6) is -0.885. The van der Waals surface area contributed by atoms with Crippen LogP contribution >= 0.6 is 0 Å². The van der Waals surface area contributed by atoms with Gasteiger partial charge in [-0.05, 0) is 96.1 Å². The molecule has 4 amide bonds. The first kappa shape index (κ1) is 36.2. The van der Waals surface area contributed by atoms with Crippen molar-refractivity contribution in [1.29, 1.82) is 0 Å². The molecule has 4 heterocycles. The number of nitrogens with zero attached hydrogens (tertiary/aromatic N) is 5. The second kappa shape index (κ2) is 15.3. The van der Waals surface area contributed by atoms with Crippen LogP contribution in [0.2, 0.25) is 0 Å². The van der Waals surface area contributed by atoms with Gasteiger partial charge in [0.1, 0.15) is 23.2 Å². The first-order valence-corrected chi connectivity index (χ1v) is 19.0. The van der Waals surface area contributed by atoms with Crippen molar-refractivity contribution < 1.29 is 33.9 Å². The molecule has 1 saturated heterocycles. The Morgan fingerprint density at radius 1 is 0.724 bits per heavy atom. The van der Waals surface area contributed by atoms with Gasteiger partial charge in [-0.1, -0.05) is 47.6 Å². The maximum absolute atomic E-state index is 13.6. The lowest BCUT2D eigenvalue weighted by Crippen LogP contribution is -2.54. The van der Waals surface area contributed by atoms with Gasteiger partial charge in [0.25, 0.3) is 11.8 Å². The molecule has 3 aliphatic rings. The van der Waals surface area contributed by atoms with E-state index in [9.17, 15) is 24.4 Å². The van der Waals surface area contributed by atoms with Gasteiger partial charge in [-0.25, -0.2) is 4.68 Å². The molecule has 1 aliphatic carbocycles. The number of fused-ring (bicyclic) bond motifs is 2. The van der Waals surface area contributed by atoms with Crippen molar-refractivity contribution in [3.63, 3.8) is 0 Å². The predicted octanol–water partition coefficient (Wildman–Crippen LogP) is 6.64. The number of aryl methyl sites for hydroxylation is 1. The third-order valence-electron chi connectivity index (χ3n) is 10.7. The topological polar surface area (TPSA) is 165 Å². The number of ether oxygens (including phenoxy) is 2. The summed E-state index contributed by atoms with van der Waals surface area (Å²) in [6.45, 7) is 0.789. The fourth-order valence-corrected chi connectivity index (χ4v) is 7.82. The monoisotopic (exact) mass is 772 g/mol. The van der Waals surface area contributed by atoms with Gasteiger partial charge in [-0.2, -0.15) is 5.10 Å². The quantitative estimate of drug-likeness (QED) is 0.0636. The maximum Gasteiger partial charge on any atom is 0.262 e. The number of aromatic nitrogens is 3. The Hall–Kier alpha value is -7.41. The molecule has 0 saturated carbocycles. The highest BCUT2D eigenvalue weighted by Gasteiger charge is 2.45. The molecule has 2 aromatic heterocycles. The minimum absolute atomic E-state index is 0.0536. The van der Waals surface area contributed by atoms with Crippen molar-refractivity contribution in [2.24, 2.45) is 5.16 Å². The molecule has 6 aromatic rings. The molecular weight excluding hydrogens is 737 g/mol. The van der Waals surface area contributed by atoms with E-state index < -0.39 is 29.7 Å². The number of carbonyl (C=O) groups excluding carboxylic acids is 4. The predicted molar refractivity (Wildman–Crippen MR) is 213 cm³/mol. The highest BCUT2D eigenvalue weighted by Crippen LogP contribution is 2.37. The van der Waals surface area contributed by atoms with Crippen LogP contribution in [0.15, 0.2) is 121 Å². The molecule has 0 spiro atoms. The number of imide groups is 2. The van der Waals surface area contributed by atoms with Crippen LogP contribution < -0.4 is 14.8 Å². The van der Waals surface area contributed by atoms with E-state index in [2.05, 4.69) is 21.5 Å². The van der Waals surface area contributed by atoms with Crippen LogP contribution in [0.4, 0.5) is 0 Å². The first-order valence-electron chi connectivity index (χ1n) is 19.0. The number of hydrogen-bond donors (Lipinski definition) is 2. The van der Waals surface area contributed by atoms with Crippen LogP contribution in [0.5, 0.6) is 11.5 Å². The Morgan fingerprint density at radius 3 is 2.28 bits per heavy atom. The smallest absolute Gasteiger partial charge is 0.262 e. The van der Waals surface area contributed by atoms with Crippen LogP contribution in [0.25, 0.3) is 39.2 Å². The van der Waals surface area contributed by atoms with E-state index in [-0.39, 0.29) is 24.0 Å². The molecule has 1 atom stereocenters. The fraction of sp³-hybridized carbons (Fsp3) is 0.178. The van der Waals surface area contributed by atoms with Gasteiger partial charge in [0.05, 0.1) is 35.7 Å². The van der Waals surface area contributed by atoms with Crippen molar-refractivity contribution >= 4 is 29.3 Å². The summed E-state index contributed by atoms with van der Waals surface area (Å²) in [5, 5.41) is 20.1. The Morgan fingerprint density at radius 2 is 1.48 bits per heavy atom. The van der Waals surface area contributed by atoms with Gasteiger partial charge in [0.15, 0.2) is 0 Å². The number of piperidine rings is 1. The third-order valence-corrected chi connectivity index (χ3v) is 10.7. The molecule has 288 valence electrons. The van der Waals surface area contributed by atoms with E-state index >= 15 is 0 Å². The average Bonchev–Trinajstić information content (AvgIpc) is 3.95. The van der Waals surface area contributed by atoms with Crippen LogP contribution in [0, 0.1) is 0 Å². The van der Waals surface area contributed by atoms with Crippen LogP contribution in [-0.2, 0) is 16.0 Å². The van der Waals surface area contributed by atoms with Gasteiger partial charge in [-0.3, -0.25) is 34.4 Å². The Kier molecular flexibility index (Phi) is 9.54.